The highest BCUT2D eigenvalue weighted by atomic mass is 19.4. The van der Waals surface area contributed by atoms with Gasteiger partial charge in [0.25, 0.3) is 5.91 Å². The first-order chi connectivity index (χ1) is 9.38. The number of nitrogens with one attached hydrogen (secondary N) is 2. The summed E-state index contributed by atoms with van der Waals surface area (Å²) >= 11 is 0. The zero-order valence-corrected chi connectivity index (χ0v) is 10.4. The first-order valence-corrected chi connectivity index (χ1v) is 5.71. The Labute approximate surface area is 112 Å². The summed E-state index contributed by atoms with van der Waals surface area (Å²) in [6.07, 6.45) is -0.473. The van der Waals surface area contributed by atoms with E-state index in [1.165, 1.54) is 6.20 Å². The van der Waals surface area contributed by atoms with Crippen LogP contribution in [0.15, 0.2) is 30.7 Å². The smallest absolute Gasteiger partial charge is 0.347 e. The van der Waals surface area contributed by atoms with E-state index in [0.717, 1.165) is 18.3 Å². The highest BCUT2D eigenvalue weighted by Gasteiger charge is 2.32. The summed E-state index contributed by atoms with van der Waals surface area (Å²) in [5.41, 5.74) is -0.982. The van der Waals surface area contributed by atoms with E-state index < -0.39 is 17.8 Å². The lowest BCUT2D eigenvalue weighted by Gasteiger charge is -2.12. The Kier molecular flexibility index (Phi) is 3.73. The summed E-state index contributed by atoms with van der Waals surface area (Å²) in [7, 11) is 0. The summed E-state index contributed by atoms with van der Waals surface area (Å²) < 4.78 is 37.0. The van der Waals surface area contributed by atoms with E-state index in [2.05, 4.69) is 20.3 Å². The molecule has 5 nitrogen and oxygen atoms in total. The van der Waals surface area contributed by atoms with Crippen molar-refractivity contribution in [2.45, 2.75) is 19.1 Å². The number of imidazole rings is 1. The van der Waals surface area contributed by atoms with Crippen molar-refractivity contribution < 1.29 is 18.0 Å². The zero-order chi connectivity index (χ0) is 14.8. The van der Waals surface area contributed by atoms with Crippen LogP contribution in [-0.4, -0.2) is 20.9 Å². The van der Waals surface area contributed by atoms with Crippen LogP contribution in [0.3, 0.4) is 0 Å². The van der Waals surface area contributed by atoms with E-state index in [1.807, 2.05) is 0 Å². The Hall–Kier alpha value is -2.38. The molecular weight excluding hydrogens is 273 g/mol. The number of hydrogen-bond acceptors (Lipinski definition) is 3. The van der Waals surface area contributed by atoms with Crippen molar-refractivity contribution in [3.63, 3.8) is 0 Å². The highest BCUT2D eigenvalue weighted by Crippen LogP contribution is 2.27. The lowest BCUT2D eigenvalue weighted by Crippen LogP contribution is -2.27. The zero-order valence-electron chi connectivity index (χ0n) is 10.4. The molecule has 2 N–H and O–H groups in total. The topological polar surface area (TPSA) is 70.7 Å². The van der Waals surface area contributed by atoms with Crippen molar-refractivity contribution in [3.05, 3.63) is 47.8 Å². The van der Waals surface area contributed by atoms with Gasteiger partial charge < -0.3 is 10.3 Å². The molecule has 2 aromatic rings. The SMILES string of the molecule is CC(NC(=O)c1ccc(C(F)(F)F)nc1)c1ncc[nH]1. The van der Waals surface area contributed by atoms with Gasteiger partial charge in [-0.2, -0.15) is 13.2 Å². The fourth-order valence-electron chi connectivity index (χ4n) is 1.56. The average Bonchev–Trinajstić information content (AvgIpc) is 2.91. The van der Waals surface area contributed by atoms with Gasteiger partial charge in [-0.25, -0.2) is 4.98 Å². The number of pyridine rings is 1. The van der Waals surface area contributed by atoms with Gasteiger partial charge in [0.05, 0.1) is 11.6 Å². The molecular formula is C12H11F3N4O. The Morgan fingerprint density at radius 3 is 2.60 bits per heavy atom. The predicted molar refractivity (Wildman–Crippen MR) is 63.7 cm³/mol. The van der Waals surface area contributed by atoms with Crippen LogP contribution in [0, 0.1) is 0 Å². The summed E-state index contributed by atoms with van der Waals surface area (Å²) in [4.78, 5) is 21.9. The van der Waals surface area contributed by atoms with Gasteiger partial charge in [-0.3, -0.25) is 9.78 Å². The van der Waals surface area contributed by atoms with Crippen molar-refractivity contribution >= 4 is 5.91 Å². The Balaban J connectivity index is 2.06. The van der Waals surface area contributed by atoms with Gasteiger partial charge in [-0.15, -0.1) is 0 Å². The van der Waals surface area contributed by atoms with E-state index in [0.29, 0.717) is 5.82 Å². The van der Waals surface area contributed by atoms with Crippen LogP contribution in [0.2, 0.25) is 0 Å². The number of carbonyl (C=O) groups is 1. The standard InChI is InChI=1S/C12H11F3N4O/c1-7(10-16-4-5-17-10)19-11(20)8-2-3-9(18-6-8)12(13,14)15/h2-7H,1H3,(H,16,17)(H,19,20). The number of H-pyrrole nitrogens is 1. The maximum atomic E-state index is 12.3. The molecule has 0 saturated heterocycles. The molecule has 0 fully saturated rings. The molecule has 0 spiro atoms. The van der Waals surface area contributed by atoms with Crippen LogP contribution in [0.25, 0.3) is 0 Å². The Bertz CT molecular complexity index is 578. The largest absolute Gasteiger partial charge is 0.433 e. The molecule has 2 rings (SSSR count). The third-order valence-electron chi connectivity index (χ3n) is 2.59. The number of aromatic nitrogens is 3. The van der Waals surface area contributed by atoms with Crippen molar-refractivity contribution in [3.8, 4) is 0 Å². The van der Waals surface area contributed by atoms with E-state index in [4.69, 9.17) is 0 Å². The van der Waals surface area contributed by atoms with Crippen LogP contribution < -0.4 is 5.32 Å². The molecule has 0 saturated carbocycles. The molecule has 1 amide bonds. The summed E-state index contributed by atoms with van der Waals surface area (Å²) in [5.74, 6) is 0.0355. The third kappa shape index (κ3) is 3.14. The van der Waals surface area contributed by atoms with Gasteiger partial charge in [0.2, 0.25) is 0 Å². The Morgan fingerprint density at radius 2 is 2.10 bits per heavy atom. The molecule has 0 bridgehead atoms. The van der Waals surface area contributed by atoms with E-state index in [9.17, 15) is 18.0 Å². The van der Waals surface area contributed by atoms with Gasteiger partial charge >= 0.3 is 6.18 Å². The Morgan fingerprint density at radius 1 is 1.35 bits per heavy atom. The third-order valence-corrected chi connectivity index (χ3v) is 2.59. The maximum absolute atomic E-state index is 12.3. The molecule has 0 aliphatic carbocycles. The average molecular weight is 284 g/mol. The number of hydrogen-bond donors (Lipinski definition) is 2. The van der Waals surface area contributed by atoms with Crippen LogP contribution in [0.4, 0.5) is 13.2 Å². The summed E-state index contributed by atoms with van der Waals surface area (Å²) in [5, 5.41) is 2.60. The number of nitrogens with zero attached hydrogens (tertiary/aromatic N) is 2. The molecule has 8 heteroatoms. The van der Waals surface area contributed by atoms with Crippen LogP contribution in [-0.2, 0) is 6.18 Å². The number of halogens is 3. The minimum atomic E-state index is -4.52. The summed E-state index contributed by atoms with van der Waals surface area (Å²) in [6.45, 7) is 1.70. The quantitative estimate of drug-likeness (QED) is 0.908. The van der Waals surface area contributed by atoms with Crippen molar-refractivity contribution in [2.24, 2.45) is 0 Å². The van der Waals surface area contributed by atoms with E-state index in [1.54, 1.807) is 13.1 Å². The van der Waals surface area contributed by atoms with E-state index in [-0.39, 0.29) is 11.6 Å². The van der Waals surface area contributed by atoms with Gasteiger partial charge in [0.1, 0.15) is 11.5 Å². The number of alkyl halides is 3. The van der Waals surface area contributed by atoms with Gasteiger partial charge in [0.15, 0.2) is 0 Å². The van der Waals surface area contributed by atoms with Gasteiger partial charge in [-0.1, -0.05) is 0 Å². The maximum Gasteiger partial charge on any atom is 0.433 e. The summed E-state index contributed by atoms with van der Waals surface area (Å²) in [6, 6.07) is 1.46. The first-order valence-electron chi connectivity index (χ1n) is 5.71. The number of amides is 1. The second-order valence-corrected chi connectivity index (χ2v) is 4.10. The first kappa shape index (κ1) is 14.0. The molecule has 2 heterocycles. The minimum Gasteiger partial charge on any atom is -0.347 e. The van der Waals surface area contributed by atoms with Gasteiger partial charge in [0, 0.05) is 18.6 Å². The molecule has 0 aliphatic rings. The highest BCUT2D eigenvalue weighted by molar-refractivity contribution is 5.94. The second-order valence-electron chi connectivity index (χ2n) is 4.10. The van der Waals surface area contributed by atoms with Crippen LogP contribution >= 0.6 is 0 Å². The van der Waals surface area contributed by atoms with Crippen molar-refractivity contribution in [2.75, 3.05) is 0 Å². The monoisotopic (exact) mass is 284 g/mol. The fourth-order valence-corrected chi connectivity index (χ4v) is 1.56. The number of rotatable bonds is 3. The van der Waals surface area contributed by atoms with Crippen molar-refractivity contribution in [1.82, 2.24) is 20.3 Å². The number of carbonyl (C=O) groups excluding carboxylic acids is 1. The molecule has 0 aromatic carbocycles. The number of aromatic amines is 1. The predicted octanol–water partition coefficient (Wildman–Crippen LogP) is 2.31. The molecule has 0 aliphatic heterocycles. The molecule has 1 atom stereocenters. The normalized spacial score (nSPS) is 13.0. The second kappa shape index (κ2) is 5.32. The lowest BCUT2D eigenvalue weighted by atomic mass is 10.2. The molecule has 20 heavy (non-hydrogen) atoms. The fraction of sp³-hybridized carbons (Fsp3) is 0.250. The van der Waals surface area contributed by atoms with Crippen molar-refractivity contribution in [1.29, 1.82) is 0 Å². The van der Waals surface area contributed by atoms with E-state index >= 15 is 0 Å². The van der Waals surface area contributed by atoms with Gasteiger partial charge in [-0.05, 0) is 19.1 Å². The molecule has 106 valence electrons. The van der Waals surface area contributed by atoms with Crippen LogP contribution in [0.5, 0.6) is 0 Å². The van der Waals surface area contributed by atoms with Crippen LogP contribution in [0.1, 0.15) is 34.8 Å². The molecule has 2 aromatic heterocycles. The molecule has 1 unspecified atom stereocenters. The molecule has 0 radical (unpaired) electrons. The lowest BCUT2D eigenvalue weighted by molar-refractivity contribution is -0.141. The minimum absolute atomic E-state index is 0.0522.